The van der Waals surface area contributed by atoms with Gasteiger partial charge in [0.1, 0.15) is 0 Å². The van der Waals surface area contributed by atoms with Gasteiger partial charge in [-0.25, -0.2) is 4.79 Å². The molecule has 2 fully saturated rings. The fourth-order valence-electron chi connectivity index (χ4n) is 4.29. The number of thiophene rings is 1. The molecular weight excluding hydrogens is 358 g/mol. The molecular formula is C19H30ClNO3S. The summed E-state index contributed by atoms with van der Waals surface area (Å²) in [5.41, 5.74) is 1.86. The first kappa shape index (κ1) is 20.7. The molecule has 2 heterocycles. The maximum absolute atomic E-state index is 11.8. The normalized spacial score (nSPS) is 25.8. The van der Waals surface area contributed by atoms with Crippen molar-refractivity contribution in [3.8, 4) is 0 Å². The zero-order valence-electron chi connectivity index (χ0n) is 15.6. The molecule has 0 bridgehead atoms. The number of rotatable bonds is 5. The lowest BCUT2D eigenvalue weighted by Gasteiger charge is -2.46. The molecule has 0 spiro atoms. The smallest absolute Gasteiger partial charge is 0.338 e. The van der Waals surface area contributed by atoms with Crippen LogP contribution in [0.3, 0.4) is 0 Å². The van der Waals surface area contributed by atoms with Crippen molar-refractivity contribution in [3.05, 3.63) is 21.4 Å². The number of hydrogen-bond donors (Lipinski definition) is 0. The van der Waals surface area contributed by atoms with E-state index < -0.39 is 0 Å². The van der Waals surface area contributed by atoms with Gasteiger partial charge in [0.15, 0.2) is 0 Å². The van der Waals surface area contributed by atoms with Crippen LogP contribution in [0.5, 0.6) is 0 Å². The van der Waals surface area contributed by atoms with Gasteiger partial charge in [-0.2, -0.15) is 0 Å². The zero-order valence-corrected chi connectivity index (χ0v) is 17.3. The van der Waals surface area contributed by atoms with Gasteiger partial charge in [-0.05, 0) is 50.0 Å². The molecule has 0 radical (unpaired) electrons. The summed E-state index contributed by atoms with van der Waals surface area (Å²) in [5, 5.41) is 1.96. The Morgan fingerprint density at radius 1 is 1.24 bits per heavy atom. The quantitative estimate of drug-likeness (QED) is 0.707. The van der Waals surface area contributed by atoms with Crippen molar-refractivity contribution in [2.75, 3.05) is 27.3 Å². The lowest BCUT2D eigenvalue weighted by molar-refractivity contribution is -0.0600. The Labute approximate surface area is 161 Å². The number of hydrogen-bond acceptors (Lipinski definition) is 5. The highest BCUT2D eigenvalue weighted by Gasteiger charge is 2.36. The van der Waals surface area contributed by atoms with Crippen LogP contribution in [0.25, 0.3) is 0 Å². The third-order valence-electron chi connectivity index (χ3n) is 6.07. The molecule has 0 N–H and O–H groups in total. The minimum atomic E-state index is -0.212. The average molecular weight is 388 g/mol. The number of esters is 1. The molecule has 1 aliphatic carbocycles. The maximum atomic E-state index is 11.8. The number of carbonyl (C=O) groups excluding carboxylic acids is 1. The SMILES string of the molecule is COC(=O)c1csc([C@H](C)C2CCC(N3CC(OC)C3)CC2)c1C.Cl. The van der Waals surface area contributed by atoms with Gasteiger partial charge in [0.2, 0.25) is 0 Å². The van der Waals surface area contributed by atoms with Crippen molar-refractivity contribution in [1.29, 1.82) is 0 Å². The van der Waals surface area contributed by atoms with Gasteiger partial charge in [0.05, 0.1) is 18.8 Å². The van der Waals surface area contributed by atoms with Crippen molar-refractivity contribution >= 4 is 29.7 Å². The molecule has 0 amide bonds. The van der Waals surface area contributed by atoms with Gasteiger partial charge >= 0.3 is 5.97 Å². The van der Waals surface area contributed by atoms with E-state index in [1.165, 1.54) is 37.7 Å². The van der Waals surface area contributed by atoms with Crippen LogP contribution in [0.2, 0.25) is 0 Å². The highest BCUT2D eigenvalue weighted by atomic mass is 35.5. The van der Waals surface area contributed by atoms with E-state index in [2.05, 4.69) is 18.7 Å². The van der Waals surface area contributed by atoms with Gasteiger partial charge in [-0.3, -0.25) is 4.90 Å². The van der Waals surface area contributed by atoms with E-state index in [-0.39, 0.29) is 18.4 Å². The van der Waals surface area contributed by atoms with Gasteiger partial charge < -0.3 is 9.47 Å². The Hall–Kier alpha value is -0.620. The fourth-order valence-corrected chi connectivity index (χ4v) is 5.50. The largest absolute Gasteiger partial charge is 0.465 e. The van der Waals surface area contributed by atoms with Gasteiger partial charge in [-0.1, -0.05) is 6.92 Å². The summed E-state index contributed by atoms with van der Waals surface area (Å²) < 4.78 is 10.3. The minimum Gasteiger partial charge on any atom is -0.465 e. The van der Waals surface area contributed by atoms with Crippen molar-refractivity contribution in [3.63, 3.8) is 0 Å². The van der Waals surface area contributed by atoms with Crippen LogP contribution < -0.4 is 0 Å². The van der Waals surface area contributed by atoms with Gasteiger partial charge in [-0.15, -0.1) is 23.7 Å². The van der Waals surface area contributed by atoms with Crippen LogP contribution >= 0.6 is 23.7 Å². The summed E-state index contributed by atoms with van der Waals surface area (Å²) in [6.07, 6.45) is 5.60. The van der Waals surface area contributed by atoms with Crippen molar-refractivity contribution < 1.29 is 14.3 Å². The predicted octanol–water partition coefficient (Wildman–Crippen LogP) is 4.26. The van der Waals surface area contributed by atoms with Crippen molar-refractivity contribution in [2.24, 2.45) is 5.92 Å². The molecule has 1 atom stereocenters. The predicted molar refractivity (Wildman–Crippen MR) is 104 cm³/mol. The highest BCUT2D eigenvalue weighted by Crippen LogP contribution is 2.41. The second-order valence-electron chi connectivity index (χ2n) is 7.30. The topological polar surface area (TPSA) is 38.8 Å². The molecule has 2 aliphatic rings. The summed E-state index contributed by atoms with van der Waals surface area (Å²) in [4.78, 5) is 15.8. The molecule has 0 aromatic carbocycles. The molecule has 25 heavy (non-hydrogen) atoms. The first-order valence-corrected chi connectivity index (χ1v) is 9.86. The van der Waals surface area contributed by atoms with E-state index in [0.717, 1.165) is 36.2 Å². The molecule has 1 saturated carbocycles. The monoisotopic (exact) mass is 387 g/mol. The summed E-state index contributed by atoms with van der Waals surface area (Å²) in [6.45, 7) is 6.60. The number of likely N-dealkylation sites (tertiary alicyclic amines) is 1. The van der Waals surface area contributed by atoms with Crippen LogP contribution in [0.15, 0.2) is 5.38 Å². The summed E-state index contributed by atoms with van der Waals surface area (Å²) in [6, 6.07) is 0.745. The first-order valence-electron chi connectivity index (χ1n) is 8.98. The van der Waals surface area contributed by atoms with Crippen LogP contribution in [0.1, 0.15) is 59.3 Å². The third kappa shape index (κ3) is 4.21. The standard InChI is InChI=1S/C19H29NO3S.ClH/c1-12(18-13(2)17(11-24-18)19(21)23-4)14-5-7-15(8-6-14)20-9-16(10-20)22-3;/h11-12,14-16H,5-10H2,1-4H3;1H/t12-,14?,15?;/m1./s1. The van der Waals surface area contributed by atoms with Gasteiger partial charge in [0, 0.05) is 36.5 Å². The van der Waals surface area contributed by atoms with E-state index >= 15 is 0 Å². The van der Waals surface area contributed by atoms with E-state index in [1.54, 1.807) is 11.3 Å². The van der Waals surface area contributed by atoms with E-state index in [4.69, 9.17) is 9.47 Å². The minimum absolute atomic E-state index is 0. The van der Waals surface area contributed by atoms with Crippen LogP contribution in [0.4, 0.5) is 0 Å². The number of carbonyl (C=O) groups is 1. The Kier molecular flexibility index (Phi) is 7.32. The number of halogens is 1. The first-order chi connectivity index (χ1) is 11.5. The number of nitrogens with zero attached hydrogens (tertiary/aromatic N) is 1. The highest BCUT2D eigenvalue weighted by molar-refractivity contribution is 7.10. The van der Waals surface area contributed by atoms with E-state index in [1.807, 2.05) is 12.5 Å². The second kappa shape index (κ2) is 8.85. The third-order valence-corrected chi connectivity index (χ3v) is 7.36. The fraction of sp³-hybridized carbons (Fsp3) is 0.737. The van der Waals surface area contributed by atoms with Crippen LogP contribution in [-0.4, -0.2) is 50.3 Å². The summed E-state index contributed by atoms with van der Waals surface area (Å²) in [5.74, 6) is 1.04. The zero-order chi connectivity index (χ0) is 17.3. The van der Waals surface area contributed by atoms with Crippen molar-refractivity contribution in [1.82, 2.24) is 4.90 Å². The van der Waals surface area contributed by atoms with E-state index in [9.17, 15) is 4.79 Å². The Balaban J connectivity index is 0.00000225. The molecule has 1 aliphatic heterocycles. The molecule has 6 heteroatoms. The van der Waals surface area contributed by atoms with Gasteiger partial charge in [0.25, 0.3) is 0 Å². The molecule has 4 nitrogen and oxygen atoms in total. The maximum Gasteiger partial charge on any atom is 0.338 e. The Morgan fingerprint density at radius 2 is 1.88 bits per heavy atom. The lowest BCUT2D eigenvalue weighted by Crippen LogP contribution is -2.56. The summed E-state index contributed by atoms with van der Waals surface area (Å²) in [7, 11) is 3.26. The van der Waals surface area contributed by atoms with E-state index in [0.29, 0.717) is 12.0 Å². The summed E-state index contributed by atoms with van der Waals surface area (Å²) >= 11 is 1.72. The van der Waals surface area contributed by atoms with Crippen LogP contribution in [0, 0.1) is 12.8 Å². The molecule has 142 valence electrons. The molecule has 1 saturated heterocycles. The Bertz CT molecular complexity index is 577. The second-order valence-corrected chi connectivity index (χ2v) is 8.21. The van der Waals surface area contributed by atoms with Crippen LogP contribution in [-0.2, 0) is 9.47 Å². The number of methoxy groups -OCH3 is 2. The molecule has 3 rings (SSSR count). The number of ether oxygens (including phenoxy) is 2. The average Bonchev–Trinajstić information content (AvgIpc) is 2.95. The van der Waals surface area contributed by atoms with Crippen molar-refractivity contribution in [2.45, 2.75) is 57.6 Å². The Morgan fingerprint density at radius 3 is 2.44 bits per heavy atom. The molecule has 1 aromatic rings. The molecule has 1 aromatic heterocycles. The lowest BCUT2D eigenvalue weighted by atomic mass is 9.77. The molecule has 0 unspecified atom stereocenters.